The smallest absolute Gasteiger partial charge is 0.317 e. The highest BCUT2D eigenvalue weighted by Gasteiger charge is 2.33. The lowest BCUT2D eigenvalue weighted by molar-refractivity contribution is -0.117. The van der Waals surface area contributed by atoms with Crippen LogP contribution in [0.25, 0.3) is 0 Å². The molecule has 1 unspecified atom stereocenters. The van der Waals surface area contributed by atoms with E-state index in [0.717, 1.165) is 30.2 Å². The fraction of sp³-hybridized carbons (Fsp3) is 0.364. The molecule has 0 saturated carbocycles. The van der Waals surface area contributed by atoms with Gasteiger partial charge in [0.15, 0.2) is 0 Å². The van der Waals surface area contributed by atoms with Crippen molar-refractivity contribution in [1.29, 1.82) is 0 Å². The highest BCUT2D eigenvalue weighted by atomic mass is 35.5. The summed E-state index contributed by atoms with van der Waals surface area (Å²) in [4.78, 5) is 30.9. The first-order valence-corrected chi connectivity index (χ1v) is 10.4. The van der Waals surface area contributed by atoms with Gasteiger partial charge < -0.3 is 24.8 Å². The van der Waals surface area contributed by atoms with Gasteiger partial charge in [0.1, 0.15) is 5.75 Å². The highest BCUT2D eigenvalue weighted by Crippen LogP contribution is 2.24. The predicted molar refractivity (Wildman–Crippen MR) is 118 cm³/mol. The predicted octanol–water partition coefficient (Wildman–Crippen LogP) is 2.99. The molecule has 0 aliphatic carbocycles. The van der Waals surface area contributed by atoms with Gasteiger partial charge in [-0.2, -0.15) is 0 Å². The number of hydrogen-bond acceptors (Lipinski definition) is 4. The van der Waals surface area contributed by atoms with E-state index in [-0.39, 0.29) is 18.0 Å². The maximum atomic E-state index is 12.7. The molecule has 3 amide bonds. The molecule has 2 saturated heterocycles. The number of benzene rings is 2. The zero-order chi connectivity index (χ0) is 21.1. The molecule has 158 valence electrons. The van der Waals surface area contributed by atoms with Crippen LogP contribution in [0, 0.1) is 0 Å². The Balaban J connectivity index is 1.28. The van der Waals surface area contributed by atoms with Gasteiger partial charge in [0, 0.05) is 55.5 Å². The fourth-order valence-corrected chi connectivity index (χ4v) is 4.03. The molecule has 4 rings (SSSR count). The Labute approximate surface area is 181 Å². The van der Waals surface area contributed by atoms with Crippen molar-refractivity contribution in [3.8, 4) is 5.75 Å². The van der Waals surface area contributed by atoms with Gasteiger partial charge in [0.25, 0.3) is 0 Å². The number of carbonyl (C=O) groups is 2. The van der Waals surface area contributed by atoms with E-state index in [2.05, 4.69) is 10.2 Å². The molecule has 7 nitrogen and oxygen atoms in total. The summed E-state index contributed by atoms with van der Waals surface area (Å²) in [6.07, 6.45) is 0.306. The third kappa shape index (κ3) is 4.46. The molecule has 2 aliphatic rings. The minimum absolute atomic E-state index is 0.00643. The summed E-state index contributed by atoms with van der Waals surface area (Å²) in [5.74, 6) is 0.836. The molecule has 2 aromatic rings. The summed E-state index contributed by atoms with van der Waals surface area (Å²) in [5.41, 5.74) is 1.92. The molecular weight excluding hydrogens is 404 g/mol. The molecule has 2 aromatic carbocycles. The number of rotatable bonds is 4. The van der Waals surface area contributed by atoms with Gasteiger partial charge in [-0.3, -0.25) is 4.79 Å². The van der Waals surface area contributed by atoms with Crippen molar-refractivity contribution in [1.82, 2.24) is 10.2 Å². The van der Waals surface area contributed by atoms with E-state index in [0.29, 0.717) is 31.1 Å². The third-order valence-electron chi connectivity index (χ3n) is 5.60. The summed E-state index contributed by atoms with van der Waals surface area (Å²) in [7, 11) is 1.65. The number of methoxy groups -OCH3 is 1. The van der Waals surface area contributed by atoms with Gasteiger partial charge in [-0.15, -0.1) is 0 Å². The topological polar surface area (TPSA) is 65.1 Å². The minimum Gasteiger partial charge on any atom is -0.497 e. The average Bonchev–Trinajstić information content (AvgIpc) is 3.14. The first-order valence-electron chi connectivity index (χ1n) is 10.0. The van der Waals surface area contributed by atoms with E-state index in [1.54, 1.807) is 24.1 Å². The molecular formula is C22H25ClN4O3. The van der Waals surface area contributed by atoms with E-state index in [9.17, 15) is 9.59 Å². The van der Waals surface area contributed by atoms with E-state index >= 15 is 0 Å². The second-order valence-electron chi connectivity index (χ2n) is 7.50. The maximum absolute atomic E-state index is 12.7. The van der Waals surface area contributed by atoms with E-state index < -0.39 is 0 Å². The zero-order valence-corrected chi connectivity index (χ0v) is 17.6. The molecule has 1 atom stereocenters. The largest absolute Gasteiger partial charge is 0.497 e. The van der Waals surface area contributed by atoms with Crippen LogP contribution >= 0.6 is 11.6 Å². The van der Waals surface area contributed by atoms with Gasteiger partial charge in [0.2, 0.25) is 5.91 Å². The molecule has 2 aliphatic heterocycles. The Morgan fingerprint density at radius 2 is 1.63 bits per heavy atom. The van der Waals surface area contributed by atoms with Crippen molar-refractivity contribution in [3.63, 3.8) is 0 Å². The van der Waals surface area contributed by atoms with Gasteiger partial charge in [-0.1, -0.05) is 11.6 Å². The number of nitrogens with one attached hydrogen (secondary N) is 1. The molecule has 0 aromatic heterocycles. The van der Waals surface area contributed by atoms with E-state index in [4.69, 9.17) is 16.3 Å². The molecule has 0 radical (unpaired) electrons. The summed E-state index contributed by atoms with van der Waals surface area (Å²) >= 11 is 5.93. The van der Waals surface area contributed by atoms with Crippen LogP contribution in [0.4, 0.5) is 16.2 Å². The van der Waals surface area contributed by atoms with Crippen LogP contribution in [0.2, 0.25) is 5.02 Å². The number of piperazine rings is 1. The molecule has 0 bridgehead atoms. The number of hydrogen-bond donors (Lipinski definition) is 1. The van der Waals surface area contributed by atoms with Crippen LogP contribution in [0.3, 0.4) is 0 Å². The zero-order valence-electron chi connectivity index (χ0n) is 16.9. The van der Waals surface area contributed by atoms with Crippen LogP contribution in [-0.2, 0) is 4.79 Å². The van der Waals surface area contributed by atoms with Gasteiger partial charge >= 0.3 is 6.03 Å². The molecule has 2 fully saturated rings. The van der Waals surface area contributed by atoms with Crippen LogP contribution < -0.4 is 19.9 Å². The molecule has 8 heteroatoms. The Morgan fingerprint density at radius 3 is 2.27 bits per heavy atom. The summed E-state index contributed by atoms with van der Waals surface area (Å²) in [6, 6.07) is 14.8. The second kappa shape index (κ2) is 8.83. The highest BCUT2D eigenvalue weighted by molar-refractivity contribution is 6.30. The van der Waals surface area contributed by atoms with Crippen LogP contribution in [-0.4, -0.2) is 62.7 Å². The van der Waals surface area contributed by atoms with Crippen molar-refractivity contribution in [2.24, 2.45) is 0 Å². The van der Waals surface area contributed by atoms with E-state index in [1.165, 1.54) is 0 Å². The monoisotopic (exact) mass is 428 g/mol. The molecule has 1 N–H and O–H groups in total. The Morgan fingerprint density at radius 1 is 1.00 bits per heavy atom. The van der Waals surface area contributed by atoms with E-state index in [1.807, 2.05) is 41.3 Å². The summed E-state index contributed by atoms with van der Waals surface area (Å²) in [6.45, 7) is 3.28. The minimum atomic E-state index is -0.194. The molecule has 0 spiro atoms. The average molecular weight is 429 g/mol. The SMILES string of the molecule is COc1ccc(N2CCN(C(=O)NC3CC(=O)N(c4ccc(Cl)cc4)C3)CC2)cc1. The lowest BCUT2D eigenvalue weighted by Gasteiger charge is -2.36. The lowest BCUT2D eigenvalue weighted by Crippen LogP contribution is -2.53. The number of anilines is 2. The quantitative estimate of drug-likeness (QED) is 0.813. The fourth-order valence-electron chi connectivity index (χ4n) is 3.90. The van der Waals surface area contributed by atoms with Crippen molar-refractivity contribution >= 4 is 34.9 Å². The molecule has 2 heterocycles. The first kappa shape index (κ1) is 20.3. The van der Waals surface area contributed by atoms with Crippen LogP contribution in [0.1, 0.15) is 6.42 Å². The third-order valence-corrected chi connectivity index (χ3v) is 5.85. The lowest BCUT2D eigenvalue weighted by atomic mass is 10.2. The van der Waals surface area contributed by atoms with Crippen molar-refractivity contribution < 1.29 is 14.3 Å². The first-order chi connectivity index (χ1) is 14.5. The maximum Gasteiger partial charge on any atom is 0.317 e. The summed E-state index contributed by atoms with van der Waals surface area (Å²) < 4.78 is 5.20. The molecule has 30 heavy (non-hydrogen) atoms. The van der Waals surface area contributed by atoms with Gasteiger partial charge in [-0.05, 0) is 48.5 Å². The number of amides is 3. The number of urea groups is 1. The van der Waals surface area contributed by atoms with Crippen molar-refractivity contribution in [2.45, 2.75) is 12.5 Å². The summed E-state index contributed by atoms with van der Waals surface area (Å²) in [5, 5.41) is 3.65. The second-order valence-corrected chi connectivity index (χ2v) is 7.94. The van der Waals surface area contributed by atoms with Crippen molar-refractivity contribution in [2.75, 3.05) is 49.6 Å². The number of halogens is 1. The number of nitrogens with zero attached hydrogens (tertiary/aromatic N) is 3. The van der Waals surface area contributed by atoms with Crippen LogP contribution in [0.5, 0.6) is 5.75 Å². The normalized spacial score (nSPS) is 19.2. The van der Waals surface area contributed by atoms with Crippen LogP contribution in [0.15, 0.2) is 48.5 Å². The Hall–Kier alpha value is -2.93. The Bertz CT molecular complexity index is 896. The van der Waals surface area contributed by atoms with Crippen molar-refractivity contribution in [3.05, 3.63) is 53.6 Å². The van der Waals surface area contributed by atoms with Gasteiger partial charge in [-0.25, -0.2) is 4.79 Å². The van der Waals surface area contributed by atoms with Gasteiger partial charge in [0.05, 0.1) is 13.2 Å². The Kier molecular flexibility index (Phi) is 5.99. The standard InChI is InChI=1S/C22H25ClN4O3/c1-30-20-8-6-18(7-9-20)25-10-12-26(13-11-25)22(29)24-17-14-21(28)27(15-17)19-4-2-16(23)3-5-19/h2-9,17H,10-15H2,1H3,(H,24,29). The number of carbonyl (C=O) groups excluding carboxylic acids is 2. The number of ether oxygens (including phenoxy) is 1.